The highest BCUT2D eigenvalue weighted by Gasteiger charge is 2.54. The van der Waals surface area contributed by atoms with E-state index >= 15 is 0 Å². The average molecular weight is 192 g/mol. The molecule has 2 unspecified atom stereocenters. The number of nitrogens with two attached hydrogens (primary N) is 1. The van der Waals surface area contributed by atoms with Crippen LogP contribution in [0.2, 0.25) is 0 Å². The van der Waals surface area contributed by atoms with E-state index in [1.165, 1.54) is 25.7 Å². The number of nitrogens with zero attached hydrogens (tertiary/aromatic N) is 1. The number of aromatic nitrogens is 1. The highest BCUT2D eigenvalue weighted by molar-refractivity contribution is 5.42. The van der Waals surface area contributed by atoms with Gasteiger partial charge in [-0.25, -0.2) is 0 Å². The van der Waals surface area contributed by atoms with Crippen LogP contribution in [0.4, 0.5) is 5.82 Å². The SMILES string of the molecule is Cc1c(N)noc1C1C2CCCCC21. The molecule has 76 valence electrons. The number of fused-ring (bicyclic) bond motifs is 1. The number of hydrogen-bond donors (Lipinski definition) is 1. The predicted molar refractivity (Wildman–Crippen MR) is 53.8 cm³/mol. The minimum atomic E-state index is 0.573. The van der Waals surface area contributed by atoms with E-state index in [0.717, 1.165) is 23.2 Å². The van der Waals surface area contributed by atoms with Crippen LogP contribution in [-0.4, -0.2) is 5.16 Å². The van der Waals surface area contributed by atoms with Crippen molar-refractivity contribution in [3.05, 3.63) is 11.3 Å². The topological polar surface area (TPSA) is 52.0 Å². The average Bonchev–Trinajstić information content (AvgIpc) is 2.84. The van der Waals surface area contributed by atoms with Crippen LogP contribution in [0.5, 0.6) is 0 Å². The second-order valence-electron chi connectivity index (χ2n) is 4.70. The summed E-state index contributed by atoms with van der Waals surface area (Å²) < 4.78 is 5.34. The summed E-state index contributed by atoms with van der Waals surface area (Å²) in [4.78, 5) is 0. The summed E-state index contributed by atoms with van der Waals surface area (Å²) >= 11 is 0. The van der Waals surface area contributed by atoms with Crippen LogP contribution in [-0.2, 0) is 0 Å². The Balaban J connectivity index is 1.87. The molecule has 14 heavy (non-hydrogen) atoms. The lowest BCUT2D eigenvalue weighted by Gasteiger charge is -2.04. The van der Waals surface area contributed by atoms with E-state index in [1.54, 1.807) is 0 Å². The van der Waals surface area contributed by atoms with Crippen molar-refractivity contribution in [1.29, 1.82) is 0 Å². The maximum absolute atomic E-state index is 5.69. The van der Waals surface area contributed by atoms with Crippen molar-refractivity contribution in [2.24, 2.45) is 11.8 Å². The van der Waals surface area contributed by atoms with Crippen LogP contribution >= 0.6 is 0 Å². The highest BCUT2D eigenvalue weighted by atomic mass is 16.5. The van der Waals surface area contributed by atoms with Gasteiger partial charge < -0.3 is 10.3 Å². The van der Waals surface area contributed by atoms with Gasteiger partial charge in [-0.15, -0.1) is 0 Å². The Morgan fingerprint density at radius 3 is 2.43 bits per heavy atom. The molecule has 3 heteroatoms. The summed E-state index contributed by atoms with van der Waals surface area (Å²) in [5, 5.41) is 3.84. The molecule has 0 bridgehead atoms. The second-order valence-corrected chi connectivity index (χ2v) is 4.70. The Morgan fingerprint density at radius 2 is 1.93 bits per heavy atom. The predicted octanol–water partition coefficient (Wildman–Crippen LogP) is 2.47. The van der Waals surface area contributed by atoms with Gasteiger partial charge in [0.25, 0.3) is 0 Å². The Bertz CT molecular complexity index is 346. The lowest BCUT2D eigenvalue weighted by Crippen LogP contribution is -1.91. The normalized spacial score (nSPS) is 35.4. The molecule has 1 aromatic heterocycles. The molecular formula is C11H16N2O. The molecule has 1 aromatic rings. The fourth-order valence-electron chi connectivity index (χ4n) is 3.05. The first-order valence-electron chi connectivity index (χ1n) is 5.50. The zero-order valence-corrected chi connectivity index (χ0v) is 8.49. The molecule has 2 aliphatic carbocycles. The summed E-state index contributed by atoms with van der Waals surface area (Å²) in [5.41, 5.74) is 6.76. The van der Waals surface area contributed by atoms with Crippen molar-refractivity contribution in [2.45, 2.75) is 38.5 Å². The second kappa shape index (κ2) is 2.75. The lowest BCUT2D eigenvalue weighted by atomic mass is 10.0. The molecule has 2 saturated carbocycles. The number of nitrogen functional groups attached to an aromatic ring is 1. The summed E-state index contributed by atoms with van der Waals surface area (Å²) in [6.07, 6.45) is 5.52. The van der Waals surface area contributed by atoms with Crippen LogP contribution in [0.1, 0.15) is 42.9 Å². The largest absolute Gasteiger partial charge is 0.381 e. The molecule has 0 radical (unpaired) electrons. The molecule has 3 nitrogen and oxygen atoms in total. The van der Waals surface area contributed by atoms with E-state index in [4.69, 9.17) is 10.3 Å². The van der Waals surface area contributed by atoms with Gasteiger partial charge in [0.15, 0.2) is 5.82 Å². The first-order valence-corrected chi connectivity index (χ1v) is 5.50. The van der Waals surface area contributed by atoms with Gasteiger partial charge in [-0.05, 0) is 31.6 Å². The summed E-state index contributed by atoms with van der Waals surface area (Å²) in [7, 11) is 0. The van der Waals surface area contributed by atoms with Crippen molar-refractivity contribution in [1.82, 2.24) is 5.16 Å². The van der Waals surface area contributed by atoms with E-state index in [-0.39, 0.29) is 0 Å². The molecular weight excluding hydrogens is 176 g/mol. The van der Waals surface area contributed by atoms with Gasteiger partial charge in [0.2, 0.25) is 0 Å². The highest BCUT2D eigenvalue weighted by Crippen LogP contribution is 2.61. The lowest BCUT2D eigenvalue weighted by molar-refractivity contribution is 0.379. The van der Waals surface area contributed by atoms with E-state index in [9.17, 15) is 0 Å². The number of anilines is 1. The molecule has 2 fully saturated rings. The zero-order chi connectivity index (χ0) is 9.71. The quantitative estimate of drug-likeness (QED) is 0.743. The smallest absolute Gasteiger partial charge is 0.170 e. The third-order valence-electron chi connectivity index (χ3n) is 3.96. The molecule has 3 rings (SSSR count). The zero-order valence-electron chi connectivity index (χ0n) is 8.49. The van der Waals surface area contributed by atoms with Crippen molar-refractivity contribution >= 4 is 5.82 Å². The molecule has 0 aromatic carbocycles. The minimum Gasteiger partial charge on any atom is -0.381 e. The van der Waals surface area contributed by atoms with Gasteiger partial charge in [0.1, 0.15) is 5.76 Å². The molecule has 1 heterocycles. The van der Waals surface area contributed by atoms with Crippen LogP contribution < -0.4 is 5.73 Å². The van der Waals surface area contributed by atoms with Crippen molar-refractivity contribution in [3.8, 4) is 0 Å². The molecule has 2 N–H and O–H groups in total. The Kier molecular flexibility index (Phi) is 1.64. The van der Waals surface area contributed by atoms with Crippen molar-refractivity contribution < 1.29 is 4.52 Å². The van der Waals surface area contributed by atoms with Crippen LogP contribution in [0, 0.1) is 18.8 Å². The van der Waals surface area contributed by atoms with Crippen molar-refractivity contribution in [2.75, 3.05) is 5.73 Å². The van der Waals surface area contributed by atoms with Crippen molar-refractivity contribution in [3.63, 3.8) is 0 Å². The first-order chi connectivity index (χ1) is 6.79. The van der Waals surface area contributed by atoms with E-state index in [0.29, 0.717) is 11.7 Å². The number of hydrogen-bond acceptors (Lipinski definition) is 3. The van der Waals surface area contributed by atoms with Crippen LogP contribution in [0.3, 0.4) is 0 Å². The van der Waals surface area contributed by atoms with E-state index < -0.39 is 0 Å². The molecule has 0 saturated heterocycles. The Hall–Kier alpha value is -0.990. The Morgan fingerprint density at radius 1 is 1.29 bits per heavy atom. The minimum absolute atomic E-state index is 0.573. The molecule has 0 amide bonds. The van der Waals surface area contributed by atoms with Gasteiger partial charge >= 0.3 is 0 Å². The maximum atomic E-state index is 5.69. The fourth-order valence-corrected chi connectivity index (χ4v) is 3.05. The van der Waals surface area contributed by atoms with Gasteiger partial charge in [0.05, 0.1) is 0 Å². The van der Waals surface area contributed by atoms with E-state index in [1.807, 2.05) is 6.92 Å². The summed E-state index contributed by atoms with van der Waals surface area (Å²) in [6.45, 7) is 2.02. The van der Waals surface area contributed by atoms with Crippen LogP contribution in [0.15, 0.2) is 4.52 Å². The standard InChI is InChI=1S/C11H16N2O/c1-6-10(14-13-11(6)12)9-7-4-2-3-5-8(7)9/h7-9H,2-5H2,1H3,(H2,12,13). The first kappa shape index (κ1) is 8.33. The fraction of sp³-hybridized carbons (Fsp3) is 0.727. The molecule has 2 aliphatic rings. The number of rotatable bonds is 1. The van der Waals surface area contributed by atoms with Gasteiger partial charge in [-0.2, -0.15) is 0 Å². The third kappa shape index (κ3) is 1.01. The Labute approximate surface area is 83.6 Å². The maximum Gasteiger partial charge on any atom is 0.170 e. The summed E-state index contributed by atoms with van der Waals surface area (Å²) in [5.74, 6) is 4.02. The molecule has 2 atom stereocenters. The van der Waals surface area contributed by atoms with E-state index in [2.05, 4.69) is 5.16 Å². The van der Waals surface area contributed by atoms with Crippen LogP contribution in [0.25, 0.3) is 0 Å². The molecule has 0 aliphatic heterocycles. The monoisotopic (exact) mass is 192 g/mol. The summed E-state index contributed by atoms with van der Waals surface area (Å²) in [6, 6.07) is 0. The van der Waals surface area contributed by atoms with Gasteiger partial charge in [-0.1, -0.05) is 18.0 Å². The third-order valence-corrected chi connectivity index (χ3v) is 3.96. The van der Waals surface area contributed by atoms with Gasteiger partial charge in [-0.3, -0.25) is 0 Å². The molecule has 0 spiro atoms. The van der Waals surface area contributed by atoms with Gasteiger partial charge in [0, 0.05) is 11.5 Å².